The summed E-state index contributed by atoms with van der Waals surface area (Å²) in [5, 5.41) is 11.5. The molecule has 1 aromatic carbocycles. The van der Waals surface area contributed by atoms with Crippen molar-refractivity contribution in [1.29, 1.82) is 0 Å². The van der Waals surface area contributed by atoms with Crippen molar-refractivity contribution in [2.75, 3.05) is 19.6 Å². The molecule has 1 atom stereocenters. The summed E-state index contributed by atoms with van der Waals surface area (Å²) in [6, 6.07) is 10.4. The van der Waals surface area contributed by atoms with Crippen molar-refractivity contribution in [2.24, 2.45) is 5.92 Å². The molecular formula is C19H32NO+. The van der Waals surface area contributed by atoms with Gasteiger partial charge in [0.25, 0.3) is 0 Å². The van der Waals surface area contributed by atoms with Gasteiger partial charge in [0, 0.05) is 6.42 Å². The maximum absolute atomic E-state index is 11.5. The third-order valence-electron chi connectivity index (χ3n) is 5.41. The van der Waals surface area contributed by atoms with Gasteiger partial charge in [0.2, 0.25) is 0 Å². The van der Waals surface area contributed by atoms with Crippen LogP contribution in [-0.2, 0) is 5.60 Å². The molecule has 21 heavy (non-hydrogen) atoms. The number of quaternary nitrogens is 1. The Labute approximate surface area is 130 Å². The molecule has 1 aliphatic rings. The molecule has 0 amide bonds. The first kappa shape index (κ1) is 16.5. The van der Waals surface area contributed by atoms with Crippen LogP contribution in [0.3, 0.4) is 0 Å². The van der Waals surface area contributed by atoms with E-state index in [0.717, 1.165) is 31.6 Å². The summed E-state index contributed by atoms with van der Waals surface area (Å²) in [6.07, 6.45) is 7.13. The summed E-state index contributed by atoms with van der Waals surface area (Å²) in [4.78, 5) is 1.58. The predicted octanol–water partition coefficient (Wildman–Crippen LogP) is 2.77. The molecule has 2 N–H and O–H groups in total. The lowest BCUT2D eigenvalue weighted by Gasteiger charge is -2.39. The van der Waals surface area contributed by atoms with E-state index in [1.165, 1.54) is 32.1 Å². The maximum atomic E-state index is 11.5. The summed E-state index contributed by atoms with van der Waals surface area (Å²) >= 11 is 0. The van der Waals surface area contributed by atoms with Gasteiger partial charge in [-0.25, -0.2) is 0 Å². The quantitative estimate of drug-likeness (QED) is 0.793. The van der Waals surface area contributed by atoms with Gasteiger partial charge in [-0.1, -0.05) is 49.6 Å². The molecule has 0 heterocycles. The second-order valence-electron chi connectivity index (χ2n) is 6.58. The van der Waals surface area contributed by atoms with E-state index in [1.54, 1.807) is 4.90 Å². The highest BCUT2D eigenvalue weighted by atomic mass is 16.3. The van der Waals surface area contributed by atoms with Crippen LogP contribution in [0, 0.1) is 5.92 Å². The lowest BCUT2D eigenvalue weighted by Crippen LogP contribution is -3.11. The van der Waals surface area contributed by atoms with Crippen LogP contribution in [0.4, 0.5) is 0 Å². The van der Waals surface area contributed by atoms with Gasteiger partial charge in [-0.05, 0) is 38.2 Å². The molecule has 1 fully saturated rings. The lowest BCUT2D eigenvalue weighted by atomic mass is 9.71. The highest BCUT2D eigenvalue weighted by Crippen LogP contribution is 2.41. The molecule has 0 aliphatic heterocycles. The number of nitrogens with one attached hydrogen (secondary N) is 1. The fraction of sp³-hybridized carbons (Fsp3) is 0.684. The summed E-state index contributed by atoms with van der Waals surface area (Å²) in [5.41, 5.74) is 0.500. The van der Waals surface area contributed by atoms with Crippen LogP contribution < -0.4 is 4.90 Å². The van der Waals surface area contributed by atoms with Gasteiger partial charge in [0.05, 0.1) is 25.2 Å². The highest BCUT2D eigenvalue weighted by Gasteiger charge is 2.39. The zero-order valence-corrected chi connectivity index (χ0v) is 13.8. The van der Waals surface area contributed by atoms with Crippen molar-refractivity contribution in [3.8, 4) is 0 Å². The fourth-order valence-corrected chi connectivity index (χ4v) is 3.86. The second-order valence-corrected chi connectivity index (χ2v) is 6.58. The van der Waals surface area contributed by atoms with E-state index < -0.39 is 5.60 Å². The molecule has 0 saturated heterocycles. The zero-order chi connectivity index (χ0) is 15.1. The second kappa shape index (κ2) is 7.95. The number of hydrogen-bond acceptors (Lipinski definition) is 1. The Hall–Kier alpha value is -0.860. The van der Waals surface area contributed by atoms with E-state index in [0.29, 0.717) is 5.92 Å². The van der Waals surface area contributed by atoms with E-state index in [2.05, 4.69) is 38.1 Å². The minimum absolute atomic E-state index is 0.434. The van der Waals surface area contributed by atoms with E-state index in [-0.39, 0.29) is 0 Å². The van der Waals surface area contributed by atoms with Gasteiger partial charge < -0.3 is 10.0 Å². The van der Waals surface area contributed by atoms with Crippen LogP contribution in [0.5, 0.6) is 0 Å². The van der Waals surface area contributed by atoms with Crippen LogP contribution >= 0.6 is 0 Å². The average Bonchev–Trinajstić information content (AvgIpc) is 2.57. The first-order chi connectivity index (χ1) is 10.2. The van der Waals surface area contributed by atoms with Crippen LogP contribution in [0.2, 0.25) is 0 Å². The third kappa shape index (κ3) is 4.08. The molecule has 0 bridgehead atoms. The van der Waals surface area contributed by atoms with E-state index >= 15 is 0 Å². The van der Waals surface area contributed by atoms with Gasteiger partial charge in [-0.2, -0.15) is 0 Å². The van der Waals surface area contributed by atoms with Crippen LogP contribution in [-0.4, -0.2) is 24.7 Å². The monoisotopic (exact) mass is 290 g/mol. The topological polar surface area (TPSA) is 24.7 Å². The summed E-state index contributed by atoms with van der Waals surface area (Å²) in [6.45, 7) is 7.83. The zero-order valence-electron chi connectivity index (χ0n) is 13.8. The highest BCUT2D eigenvalue weighted by molar-refractivity contribution is 5.23. The molecule has 0 radical (unpaired) electrons. The Morgan fingerprint density at radius 3 is 2.24 bits per heavy atom. The smallest absolute Gasteiger partial charge is 0.0978 e. The molecule has 0 unspecified atom stereocenters. The van der Waals surface area contributed by atoms with Gasteiger partial charge in [-0.3, -0.25) is 0 Å². The minimum Gasteiger partial charge on any atom is -0.385 e. The molecule has 2 nitrogen and oxygen atoms in total. The molecule has 118 valence electrons. The molecule has 0 spiro atoms. The molecule has 2 heteroatoms. The number of benzene rings is 1. The van der Waals surface area contributed by atoms with Crippen LogP contribution in [0.1, 0.15) is 57.9 Å². The van der Waals surface area contributed by atoms with E-state index in [1.807, 2.05) is 6.07 Å². The van der Waals surface area contributed by atoms with Crippen molar-refractivity contribution >= 4 is 0 Å². The Bertz CT molecular complexity index is 395. The Kier molecular flexibility index (Phi) is 6.25. The maximum Gasteiger partial charge on any atom is 0.0978 e. The molecule has 0 aromatic heterocycles. The number of aliphatic hydroxyl groups is 1. The van der Waals surface area contributed by atoms with Crippen LogP contribution in [0.15, 0.2) is 30.3 Å². The molecule has 1 aliphatic carbocycles. The van der Waals surface area contributed by atoms with Crippen molar-refractivity contribution in [3.63, 3.8) is 0 Å². The van der Waals surface area contributed by atoms with Gasteiger partial charge in [0.15, 0.2) is 0 Å². The molecule has 1 aromatic rings. The predicted molar refractivity (Wildman–Crippen MR) is 88.4 cm³/mol. The van der Waals surface area contributed by atoms with E-state index in [4.69, 9.17) is 0 Å². The minimum atomic E-state index is -0.628. The van der Waals surface area contributed by atoms with Gasteiger partial charge >= 0.3 is 0 Å². The average molecular weight is 290 g/mol. The third-order valence-corrected chi connectivity index (χ3v) is 5.41. The molecular weight excluding hydrogens is 258 g/mol. The first-order valence-corrected chi connectivity index (χ1v) is 8.82. The normalized spacial score (nSPS) is 19.6. The largest absolute Gasteiger partial charge is 0.385 e. The molecule has 1 saturated carbocycles. The van der Waals surface area contributed by atoms with Crippen molar-refractivity contribution in [1.82, 2.24) is 0 Å². The number of hydrogen-bond donors (Lipinski definition) is 2. The Morgan fingerprint density at radius 1 is 1.05 bits per heavy atom. The van der Waals surface area contributed by atoms with Crippen LogP contribution in [0.25, 0.3) is 0 Å². The summed E-state index contributed by atoms with van der Waals surface area (Å²) < 4.78 is 0. The lowest BCUT2D eigenvalue weighted by molar-refractivity contribution is -0.897. The number of rotatable bonds is 7. The summed E-state index contributed by atoms with van der Waals surface area (Å²) in [5.74, 6) is 0.434. The fourth-order valence-electron chi connectivity index (χ4n) is 3.86. The van der Waals surface area contributed by atoms with E-state index in [9.17, 15) is 5.11 Å². The van der Waals surface area contributed by atoms with Gasteiger partial charge in [-0.15, -0.1) is 0 Å². The SMILES string of the molecule is CC[NH+](CC)CC[C@@](O)(c1ccccc1)C1CCCCC1. The van der Waals surface area contributed by atoms with Crippen molar-refractivity contribution in [2.45, 2.75) is 58.0 Å². The van der Waals surface area contributed by atoms with Gasteiger partial charge in [0.1, 0.15) is 0 Å². The first-order valence-electron chi connectivity index (χ1n) is 8.82. The van der Waals surface area contributed by atoms with Crippen molar-refractivity contribution in [3.05, 3.63) is 35.9 Å². The standard InChI is InChI=1S/C19H31NO/c1-3-20(4-2)16-15-19(21,17-11-7-5-8-12-17)18-13-9-6-10-14-18/h5,7-8,11-12,18,21H,3-4,6,9-10,13-16H2,1-2H3/p+1/t19-/m1/s1. The molecule has 2 rings (SSSR count). The van der Waals surface area contributed by atoms with Crippen molar-refractivity contribution < 1.29 is 10.0 Å². The Morgan fingerprint density at radius 2 is 1.67 bits per heavy atom. The Balaban J connectivity index is 2.17. The summed E-state index contributed by atoms with van der Waals surface area (Å²) in [7, 11) is 0.